The maximum absolute atomic E-state index is 12.7. The van der Waals surface area contributed by atoms with Crippen LogP contribution in [0.1, 0.15) is 48.5 Å². The second-order valence-electron chi connectivity index (χ2n) is 7.99. The van der Waals surface area contributed by atoms with Gasteiger partial charge in [-0.1, -0.05) is 12.2 Å². The van der Waals surface area contributed by atoms with Crippen LogP contribution in [0.2, 0.25) is 0 Å². The lowest BCUT2D eigenvalue weighted by molar-refractivity contribution is -0.151. The summed E-state index contributed by atoms with van der Waals surface area (Å²) in [6.07, 6.45) is 0.165. The van der Waals surface area contributed by atoms with Gasteiger partial charge in [0.15, 0.2) is 6.04 Å². The van der Waals surface area contributed by atoms with Crippen molar-refractivity contribution in [3.8, 4) is 0 Å². The highest BCUT2D eigenvalue weighted by Gasteiger charge is 2.46. The highest BCUT2D eigenvalue weighted by molar-refractivity contribution is 5.94. The molecule has 1 aliphatic heterocycles. The van der Waals surface area contributed by atoms with Gasteiger partial charge < -0.3 is 18.9 Å². The third-order valence-electron chi connectivity index (χ3n) is 3.16. The average Bonchev–Trinajstić information content (AvgIpc) is 2.85. The number of carbonyl (C=O) groups excluding carboxylic acids is 3. The minimum absolute atomic E-state index is 0.272. The molecular weight excluding hydrogens is 342 g/mol. The highest BCUT2D eigenvalue weighted by atomic mass is 16.6. The van der Waals surface area contributed by atoms with Crippen molar-refractivity contribution in [3.63, 3.8) is 0 Å². The Kier molecular flexibility index (Phi) is 6.82. The maximum Gasteiger partial charge on any atom is 0.420 e. The van der Waals surface area contributed by atoms with E-state index in [1.165, 1.54) is 7.11 Å². The van der Waals surface area contributed by atoms with Gasteiger partial charge in [-0.05, 0) is 48.5 Å². The molecule has 0 fully saturated rings. The minimum atomic E-state index is -1.37. The molecule has 0 unspecified atom stereocenters. The quantitative estimate of drug-likeness (QED) is 0.428. The van der Waals surface area contributed by atoms with Gasteiger partial charge in [-0.25, -0.2) is 14.4 Å². The number of hydrogen-bond acceptors (Lipinski definition) is 7. The Bertz CT molecular complexity index is 543. The molecule has 0 N–H and O–H groups in total. The predicted molar refractivity (Wildman–Crippen MR) is 93.6 cm³/mol. The molecule has 2 amide bonds. The summed E-state index contributed by atoms with van der Waals surface area (Å²) < 4.78 is 21.0. The standard InChI is InChI=1S/C18H29NO7/c1-11-9-10-12(24-11)13(14(20)23-8)19(15(21)25-17(2,3)4)16(22)26-18(5,6)7/h9-13H,1-8H3/t11-,12+,13-/m0/s1. The first-order chi connectivity index (χ1) is 11.7. The smallest absolute Gasteiger partial charge is 0.420 e. The van der Waals surface area contributed by atoms with Crippen molar-refractivity contribution in [3.05, 3.63) is 12.2 Å². The van der Waals surface area contributed by atoms with Crippen LogP contribution in [0.5, 0.6) is 0 Å². The molecule has 0 saturated carbocycles. The molecule has 1 aliphatic rings. The van der Waals surface area contributed by atoms with Gasteiger partial charge in [0, 0.05) is 0 Å². The molecule has 0 aliphatic carbocycles. The third-order valence-corrected chi connectivity index (χ3v) is 3.16. The van der Waals surface area contributed by atoms with Crippen LogP contribution in [0.4, 0.5) is 9.59 Å². The predicted octanol–water partition coefficient (Wildman–Crippen LogP) is 3.04. The number of esters is 1. The molecule has 8 heteroatoms. The first-order valence-corrected chi connectivity index (χ1v) is 8.42. The average molecular weight is 371 g/mol. The van der Waals surface area contributed by atoms with Crippen molar-refractivity contribution in [2.45, 2.75) is 77.9 Å². The first-order valence-electron chi connectivity index (χ1n) is 8.42. The lowest BCUT2D eigenvalue weighted by Gasteiger charge is -2.34. The van der Waals surface area contributed by atoms with Gasteiger partial charge >= 0.3 is 18.2 Å². The van der Waals surface area contributed by atoms with Gasteiger partial charge in [-0.15, -0.1) is 0 Å². The summed E-state index contributed by atoms with van der Waals surface area (Å²) in [5, 5.41) is 0. The zero-order chi connectivity index (χ0) is 20.3. The first kappa shape index (κ1) is 22.0. The fraction of sp³-hybridized carbons (Fsp3) is 0.722. The van der Waals surface area contributed by atoms with E-state index in [1.807, 2.05) is 0 Å². The molecule has 0 aromatic heterocycles. The molecule has 8 nitrogen and oxygen atoms in total. The van der Waals surface area contributed by atoms with Crippen molar-refractivity contribution >= 4 is 18.2 Å². The van der Waals surface area contributed by atoms with Gasteiger partial charge in [-0.3, -0.25) is 0 Å². The number of methoxy groups -OCH3 is 1. The molecule has 1 rings (SSSR count). The van der Waals surface area contributed by atoms with Gasteiger partial charge in [-0.2, -0.15) is 4.90 Å². The Labute approximate surface area is 154 Å². The van der Waals surface area contributed by atoms with Gasteiger partial charge in [0.05, 0.1) is 13.2 Å². The molecule has 0 aromatic carbocycles. The number of nitrogens with zero attached hydrogens (tertiary/aromatic N) is 1. The molecule has 0 saturated heterocycles. The lowest BCUT2D eigenvalue weighted by atomic mass is 10.1. The number of carbonyl (C=O) groups is 3. The fourth-order valence-electron chi connectivity index (χ4n) is 2.22. The van der Waals surface area contributed by atoms with Crippen LogP contribution in [0.3, 0.4) is 0 Å². The van der Waals surface area contributed by atoms with Gasteiger partial charge in [0.25, 0.3) is 0 Å². The second-order valence-corrected chi connectivity index (χ2v) is 7.99. The number of rotatable bonds is 3. The van der Waals surface area contributed by atoms with Crippen LogP contribution in [0.25, 0.3) is 0 Å². The summed E-state index contributed by atoms with van der Waals surface area (Å²) >= 11 is 0. The topological polar surface area (TPSA) is 91.4 Å². The number of amides is 2. The molecule has 1 heterocycles. The summed E-state index contributed by atoms with van der Waals surface area (Å²) in [5.41, 5.74) is -1.75. The maximum atomic E-state index is 12.7. The molecule has 0 spiro atoms. The fourth-order valence-corrected chi connectivity index (χ4v) is 2.22. The monoisotopic (exact) mass is 371 g/mol. The number of hydrogen-bond donors (Lipinski definition) is 0. The van der Waals surface area contributed by atoms with Gasteiger partial charge in [0.1, 0.15) is 17.3 Å². The number of imide groups is 1. The van der Waals surface area contributed by atoms with Crippen LogP contribution >= 0.6 is 0 Å². The molecule has 0 bridgehead atoms. The normalized spacial score (nSPS) is 21.1. The molecule has 3 atom stereocenters. The highest BCUT2D eigenvalue weighted by Crippen LogP contribution is 2.24. The van der Waals surface area contributed by atoms with E-state index in [9.17, 15) is 14.4 Å². The second kappa shape index (κ2) is 8.07. The van der Waals surface area contributed by atoms with Crippen molar-refractivity contribution in [2.75, 3.05) is 7.11 Å². The van der Waals surface area contributed by atoms with Crippen molar-refractivity contribution in [1.82, 2.24) is 4.90 Å². The molecule has 26 heavy (non-hydrogen) atoms. The molecule has 148 valence electrons. The number of ether oxygens (including phenoxy) is 4. The summed E-state index contributed by atoms with van der Waals surface area (Å²) in [5.74, 6) is -0.814. The SMILES string of the molecule is COC(=O)[C@H]([C@H]1C=C[C@H](C)O1)N(C(=O)OC(C)(C)C)C(=O)OC(C)(C)C. The zero-order valence-corrected chi connectivity index (χ0v) is 16.7. The molecular formula is C18H29NO7. The zero-order valence-electron chi connectivity index (χ0n) is 16.7. The van der Waals surface area contributed by atoms with Crippen LogP contribution in [0, 0.1) is 0 Å². The van der Waals surface area contributed by atoms with Crippen LogP contribution in [-0.2, 0) is 23.7 Å². The summed E-state index contributed by atoms with van der Waals surface area (Å²) in [7, 11) is 1.17. The Morgan fingerprint density at radius 2 is 1.42 bits per heavy atom. The van der Waals surface area contributed by atoms with E-state index in [2.05, 4.69) is 0 Å². The Hall–Kier alpha value is -2.09. The van der Waals surface area contributed by atoms with Crippen LogP contribution < -0.4 is 0 Å². The van der Waals surface area contributed by atoms with E-state index in [4.69, 9.17) is 18.9 Å². The third kappa shape index (κ3) is 6.33. The van der Waals surface area contributed by atoms with Crippen molar-refractivity contribution < 1.29 is 33.3 Å². The van der Waals surface area contributed by atoms with E-state index < -0.39 is 41.5 Å². The van der Waals surface area contributed by atoms with E-state index in [0.717, 1.165) is 0 Å². The summed E-state index contributed by atoms with van der Waals surface area (Å²) in [6.45, 7) is 11.7. The summed E-state index contributed by atoms with van der Waals surface area (Å²) in [4.78, 5) is 38.4. The van der Waals surface area contributed by atoms with Crippen molar-refractivity contribution in [2.24, 2.45) is 0 Å². The minimum Gasteiger partial charge on any atom is -0.467 e. The van der Waals surface area contributed by atoms with Crippen LogP contribution in [0.15, 0.2) is 12.2 Å². The Morgan fingerprint density at radius 1 is 0.962 bits per heavy atom. The molecule has 0 aromatic rings. The van der Waals surface area contributed by atoms with E-state index in [-0.39, 0.29) is 6.10 Å². The molecule has 0 radical (unpaired) electrons. The van der Waals surface area contributed by atoms with Crippen molar-refractivity contribution in [1.29, 1.82) is 0 Å². The van der Waals surface area contributed by atoms with E-state index in [0.29, 0.717) is 4.90 Å². The Balaban J connectivity index is 3.28. The largest absolute Gasteiger partial charge is 0.467 e. The lowest BCUT2D eigenvalue weighted by Crippen LogP contribution is -2.56. The van der Waals surface area contributed by atoms with E-state index in [1.54, 1.807) is 60.6 Å². The Morgan fingerprint density at radius 3 is 1.73 bits per heavy atom. The van der Waals surface area contributed by atoms with Crippen LogP contribution in [-0.4, -0.2) is 59.6 Å². The summed E-state index contributed by atoms with van der Waals surface area (Å²) in [6, 6.07) is -1.37. The van der Waals surface area contributed by atoms with E-state index >= 15 is 0 Å². The van der Waals surface area contributed by atoms with Gasteiger partial charge in [0.2, 0.25) is 0 Å².